The smallest absolute Gasteiger partial charge is 0.295 e. The molecule has 0 N–H and O–H groups in total. The van der Waals surface area contributed by atoms with E-state index in [1.54, 1.807) is 6.07 Å². The summed E-state index contributed by atoms with van der Waals surface area (Å²) >= 11 is 12.1. The lowest BCUT2D eigenvalue weighted by atomic mass is 10.1. The van der Waals surface area contributed by atoms with Crippen LogP contribution in [-0.4, -0.2) is 55.8 Å². The molecule has 3 rings (SSSR count). The van der Waals surface area contributed by atoms with E-state index in [1.807, 2.05) is 4.90 Å². The Hall–Kier alpha value is -1.08. The first-order valence-electron chi connectivity index (χ1n) is 7.73. The van der Waals surface area contributed by atoms with Crippen LogP contribution in [0.4, 0.5) is 11.4 Å². The van der Waals surface area contributed by atoms with Crippen LogP contribution in [0, 0.1) is 16.0 Å². The molecule has 0 radical (unpaired) electrons. The fourth-order valence-corrected chi connectivity index (χ4v) is 3.94. The number of morpholine rings is 1. The summed E-state index contributed by atoms with van der Waals surface area (Å²) in [7, 11) is 0. The first-order chi connectivity index (χ1) is 11.0. The number of nitro benzene ring substituents is 1. The Bertz CT molecular complexity index is 594. The summed E-state index contributed by atoms with van der Waals surface area (Å²) in [5.74, 6) is 0.486. The summed E-state index contributed by atoms with van der Waals surface area (Å²) in [6, 6.07) is 2.94. The average Bonchev–Trinajstić information content (AvgIpc) is 2.95. The molecule has 126 valence electrons. The molecule has 1 atom stereocenters. The summed E-state index contributed by atoms with van der Waals surface area (Å²) < 4.78 is 5.37. The topological polar surface area (TPSA) is 58.9 Å². The van der Waals surface area contributed by atoms with Gasteiger partial charge in [-0.3, -0.25) is 15.0 Å². The highest BCUT2D eigenvalue weighted by molar-refractivity contribution is 6.37. The Morgan fingerprint density at radius 3 is 2.70 bits per heavy atom. The van der Waals surface area contributed by atoms with Crippen LogP contribution in [-0.2, 0) is 4.74 Å². The van der Waals surface area contributed by atoms with Crippen molar-refractivity contribution in [2.24, 2.45) is 5.92 Å². The molecular formula is C15H19Cl2N3O3. The first-order valence-corrected chi connectivity index (χ1v) is 8.48. The third-order valence-corrected chi connectivity index (χ3v) is 4.93. The van der Waals surface area contributed by atoms with E-state index in [0.717, 1.165) is 52.4 Å². The highest BCUT2D eigenvalue weighted by atomic mass is 35.5. The molecule has 0 aliphatic carbocycles. The van der Waals surface area contributed by atoms with E-state index in [0.29, 0.717) is 16.6 Å². The lowest BCUT2D eigenvalue weighted by Crippen LogP contribution is -2.39. The third-order valence-electron chi connectivity index (χ3n) is 4.43. The van der Waals surface area contributed by atoms with Crippen molar-refractivity contribution in [1.82, 2.24) is 4.90 Å². The van der Waals surface area contributed by atoms with Crippen molar-refractivity contribution in [1.29, 1.82) is 0 Å². The van der Waals surface area contributed by atoms with Crippen molar-refractivity contribution in [3.63, 3.8) is 0 Å². The number of hydrogen-bond donors (Lipinski definition) is 0. The van der Waals surface area contributed by atoms with E-state index in [-0.39, 0.29) is 10.7 Å². The molecule has 0 bridgehead atoms. The Morgan fingerprint density at radius 2 is 2.00 bits per heavy atom. The molecular weight excluding hydrogens is 341 g/mol. The molecule has 2 fully saturated rings. The highest BCUT2D eigenvalue weighted by Crippen LogP contribution is 2.40. The van der Waals surface area contributed by atoms with Gasteiger partial charge in [-0.1, -0.05) is 23.2 Å². The number of rotatable bonds is 4. The summed E-state index contributed by atoms with van der Waals surface area (Å²) in [6.45, 7) is 6.03. The van der Waals surface area contributed by atoms with Crippen LogP contribution in [0.3, 0.4) is 0 Å². The van der Waals surface area contributed by atoms with Crippen LogP contribution in [0.25, 0.3) is 0 Å². The van der Waals surface area contributed by atoms with E-state index in [9.17, 15) is 10.1 Å². The molecule has 0 amide bonds. The zero-order chi connectivity index (χ0) is 16.4. The maximum Gasteiger partial charge on any atom is 0.295 e. The number of anilines is 1. The predicted molar refractivity (Wildman–Crippen MR) is 90.7 cm³/mol. The number of benzene rings is 1. The van der Waals surface area contributed by atoms with Crippen LogP contribution in [0.5, 0.6) is 0 Å². The van der Waals surface area contributed by atoms with Crippen molar-refractivity contribution < 1.29 is 9.66 Å². The largest absolute Gasteiger partial charge is 0.379 e. The quantitative estimate of drug-likeness (QED) is 0.610. The van der Waals surface area contributed by atoms with E-state index in [1.165, 1.54) is 6.07 Å². The van der Waals surface area contributed by atoms with Gasteiger partial charge >= 0.3 is 0 Å². The standard InChI is InChI=1S/C15H19Cl2N3O3/c16-12-7-13(17)15(14(8-12)20(21)22)19-2-1-11(10-19)9-18-3-5-23-6-4-18/h7-8,11H,1-6,9-10H2. The molecule has 2 aliphatic rings. The number of ether oxygens (including phenoxy) is 1. The minimum Gasteiger partial charge on any atom is -0.379 e. The molecule has 2 saturated heterocycles. The van der Waals surface area contributed by atoms with Gasteiger partial charge in [0.25, 0.3) is 5.69 Å². The Labute approximate surface area is 145 Å². The second-order valence-electron chi connectivity index (χ2n) is 6.03. The van der Waals surface area contributed by atoms with E-state index >= 15 is 0 Å². The number of nitro groups is 1. The molecule has 1 aromatic rings. The molecule has 0 saturated carbocycles. The lowest BCUT2D eigenvalue weighted by Gasteiger charge is -2.29. The van der Waals surface area contributed by atoms with Gasteiger partial charge in [0.2, 0.25) is 0 Å². The van der Waals surface area contributed by atoms with Gasteiger partial charge in [-0.2, -0.15) is 0 Å². The van der Waals surface area contributed by atoms with Crippen LogP contribution in [0.1, 0.15) is 6.42 Å². The van der Waals surface area contributed by atoms with Crippen LogP contribution >= 0.6 is 23.2 Å². The summed E-state index contributed by atoms with van der Waals surface area (Å²) in [5.41, 5.74) is 0.472. The van der Waals surface area contributed by atoms with Crippen molar-refractivity contribution in [2.75, 3.05) is 50.8 Å². The van der Waals surface area contributed by atoms with Crippen LogP contribution < -0.4 is 4.90 Å². The molecule has 1 aromatic carbocycles. The maximum absolute atomic E-state index is 11.3. The average molecular weight is 360 g/mol. The van der Waals surface area contributed by atoms with Crippen molar-refractivity contribution >= 4 is 34.6 Å². The third kappa shape index (κ3) is 3.88. The fourth-order valence-electron chi connectivity index (χ4n) is 3.34. The normalized spacial score (nSPS) is 22.5. The van der Waals surface area contributed by atoms with Gasteiger partial charge in [0, 0.05) is 43.8 Å². The second-order valence-corrected chi connectivity index (χ2v) is 6.87. The van der Waals surface area contributed by atoms with E-state index in [4.69, 9.17) is 27.9 Å². The van der Waals surface area contributed by atoms with Gasteiger partial charge in [0.05, 0.1) is 23.2 Å². The molecule has 2 aliphatic heterocycles. The summed E-state index contributed by atoms with van der Waals surface area (Å²) in [6.07, 6.45) is 1.01. The number of hydrogen-bond acceptors (Lipinski definition) is 5. The zero-order valence-corrected chi connectivity index (χ0v) is 14.2. The fraction of sp³-hybridized carbons (Fsp3) is 0.600. The Kier molecular flexibility index (Phi) is 5.26. The van der Waals surface area contributed by atoms with Gasteiger partial charge in [-0.05, 0) is 18.4 Å². The highest BCUT2D eigenvalue weighted by Gasteiger charge is 2.31. The summed E-state index contributed by atoms with van der Waals surface area (Å²) in [4.78, 5) is 15.3. The molecule has 0 spiro atoms. The Morgan fingerprint density at radius 1 is 1.26 bits per heavy atom. The maximum atomic E-state index is 11.3. The lowest BCUT2D eigenvalue weighted by molar-refractivity contribution is -0.384. The van der Waals surface area contributed by atoms with Gasteiger partial charge in [0.15, 0.2) is 0 Å². The number of halogens is 2. The second kappa shape index (κ2) is 7.21. The van der Waals surface area contributed by atoms with Gasteiger partial charge in [0.1, 0.15) is 5.69 Å². The molecule has 23 heavy (non-hydrogen) atoms. The molecule has 1 unspecified atom stereocenters. The molecule has 0 aromatic heterocycles. The van der Waals surface area contributed by atoms with Gasteiger partial charge < -0.3 is 9.64 Å². The van der Waals surface area contributed by atoms with Crippen LogP contribution in [0.2, 0.25) is 10.0 Å². The van der Waals surface area contributed by atoms with Gasteiger partial charge in [-0.15, -0.1) is 0 Å². The SMILES string of the molecule is O=[N+]([O-])c1cc(Cl)cc(Cl)c1N1CCC(CN2CCOCC2)C1. The number of nitrogens with zero attached hydrogens (tertiary/aromatic N) is 3. The minimum atomic E-state index is -0.414. The van der Waals surface area contributed by atoms with E-state index < -0.39 is 4.92 Å². The summed E-state index contributed by atoms with van der Waals surface area (Å²) in [5, 5.41) is 12.0. The Balaban J connectivity index is 1.72. The van der Waals surface area contributed by atoms with E-state index in [2.05, 4.69) is 4.90 Å². The van der Waals surface area contributed by atoms with Gasteiger partial charge in [-0.25, -0.2) is 0 Å². The van der Waals surface area contributed by atoms with Crippen molar-refractivity contribution in [2.45, 2.75) is 6.42 Å². The molecule has 8 heteroatoms. The zero-order valence-electron chi connectivity index (χ0n) is 12.7. The van der Waals surface area contributed by atoms with Crippen molar-refractivity contribution in [3.05, 3.63) is 32.3 Å². The van der Waals surface area contributed by atoms with Crippen LogP contribution in [0.15, 0.2) is 12.1 Å². The van der Waals surface area contributed by atoms with Crippen molar-refractivity contribution in [3.8, 4) is 0 Å². The minimum absolute atomic E-state index is 0.0190. The molecule has 6 nitrogen and oxygen atoms in total. The molecule has 2 heterocycles. The first kappa shape index (κ1) is 16.8. The predicted octanol–water partition coefficient (Wildman–Crippen LogP) is 3.06. The monoisotopic (exact) mass is 359 g/mol.